The molecule has 4 aromatic rings. The summed E-state index contributed by atoms with van der Waals surface area (Å²) in [6.07, 6.45) is 0.417. The standard InChI is InChI=1S/C27H22ClN3O2/c1-16-11-12-22-21(13-16)25(18-7-4-3-5-8-18)26(27(33)29-22)23-15-24(31(30-23)17(2)32)19-9-6-10-20(28)14-19/h3-14,24H,15H2,1-2H3,(H,29,33)/t24-/m0/s1. The second kappa shape index (κ2) is 8.34. The van der Waals surface area contributed by atoms with Crippen LogP contribution in [-0.2, 0) is 4.79 Å². The molecule has 1 atom stereocenters. The highest BCUT2D eigenvalue weighted by molar-refractivity contribution is 6.30. The monoisotopic (exact) mass is 455 g/mol. The maximum absolute atomic E-state index is 13.4. The van der Waals surface area contributed by atoms with Crippen LogP contribution in [0.2, 0.25) is 5.02 Å². The number of benzene rings is 3. The third-order valence-corrected chi connectivity index (χ3v) is 6.22. The van der Waals surface area contributed by atoms with Crippen molar-refractivity contribution in [3.05, 3.63) is 105 Å². The van der Waals surface area contributed by atoms with Crippen molar-refractivity contribution in [1.29, 1.82) is 0 Å². The van der Waals surface area contributed by atoms with Gasteiger partial charge in [-0.1, -0.05) is 65.7 Å². The molecule has 1 aliphatic heterocycles. The number of amides is 1. The van der Waals surface area contributed by atoms with E-state index in [0.29, 0.717) is 22.7 Å². The number of hydrazone groups is 1. The number of H-pyrrole nitrogens is 1. The predicted molar refractivity (Wildman–Crippen MR) is 133 cm³/mol. The first kappa shape index (κ1) is 21.2. The maximum Gasteiger partial charge on any atom is 0.258 e. The number of nitrogens with zero attached hydrogens (tertiary/aromatic N) is 2. The van der Waals surface area contributed by atoms with E-state index in [1.54, 1.807) is 6.07 Å². The van der Waals surface area contributed by atoms with Gasteiger partial charge in [-0.05, 0) is 42.3 Å². The molecule has 164 valence electrons. The van der Waals surface area contributed by atoms with Crippen LogP contribution in [0.15, 0.2) is 82.7 Å². The lowest BCUT2D eigenvalue weighted by Gasteiger charge is -2.20. The third-order valence-electron chi connectivity index (χ3n) is 5.99. The number of aryl methyl sites for hydroxylation is 1. The van der Waals surface area contributed by atoms with Crippen LogP contribution >= 0.6 is 11.6 Å². The summed E-state index contributed by atoms with van der Waals surface area (Å²) in [5.41, 5.74) is 5.35. The highest BCUT2D eigenvalue weighted by Crippen LogP contribution is 2.37. The van der Waals surface area contributed by atoms with E-state index < -0.39 is 0 Å². The van der Waals surface area contributed by atoms with Crippen molar-refractivity contribution in [2.24, 2.45) is 5.10 Å². The maximum atomic E-state index is 13.4. The lowest BCUT2D eigenvalue weighted by atomic mass is 9.90. The van der Waals surface area contributed by atoms with E-state index in [0.717, 1.165) is 33.2 Å². The molecule has 0 bridgehead atoms. The van der Waals surface area contributed by atoms with Crippen LogP contribution in [0.4, 0.5) is 0 Å². The molecule has 0 fully saturated rings. The zero-order chi connectivity index (χ0) is 23.1. The van der Waals surface area contributed by atoms with Gasteiger partial charge in [0.15, 0.2) is 0 Å². The summed E-state index contributed by atoms with van der Waals surface area (Å²) in [7, 11) is 0. The number of pyridine rings is 1. The second-order valence-electron chi connectivity index (χ2n) is 8.30. The molecule has 3 aromatic carbocycles. The number of hydrogen-bond acceptors (Lipinski definition) is 3. The molecule has 1 amide bonds. The molecular weight excluding hydrogens is 434 g/mol. The molecule has 0 unspecified atom stereocenters. The fourth-order valence-electron chi connectivity index (χ4n) is 4.51. The Balaban J connectivity index is 1.75. The largest absolute Gasteiger partial charge is 0.321 e. The number of nitrogens with one attached hydrogen (secondary N) is 1. The third kappa shape index (κ3) is 3.85. The zero-order valence-corrected chi connectivity index (χ0v) is 19.1. The van der Waals surface area contributed by atoms with Gasteiger partial charge in [0.25, 0.3) is 5.56 Å². The van der Waals surface area contributed by atoms with Crippen LogP contribution in [0.3, 0.4) is 0 Å². The predicted octanol–water partition coefficient (Wildman–Crippen LogP) is 5.85. The minimum absolute atomic E-state index is 0.190. The van der Waals surface area contributed by atoms with Crippen molar-refractivity contribution in [3.8, 4) is 11.1 Å². The first-order chi connectivity index (χ1) is 15.9. The van der Waals surface area contributed by atoms with Crippen molar-refractivity contribution >= 4 is 34.1 Å². The van der Waals surface area contributed by atoms with Crippen molar-refractivity contribution < 1.29 is 4.79 Å². The number of fused-ring (bicyclic) bond motifs is 1. The normalized spacial score (nSPS) is 15.7. The van der Waals surface area contributed by atoms with Crippen LogP contribution in [0.25, 0.3) is 22.0 Å². The first-order valence-corrected chi connectivity index (χ1v) is 11.2. The van der Waals surface area contributed by atoms with Gasteiger partial charge in [-0.3, -0.25) is 9.59 Å². The Morgan fingerprint density at radius 3 is 2.55 bits per heavy atom. The molecule has 0 spiro atoms. The lowest BCUT2D eigenvalue weighted by Crippen LogP contribution is -2.24. The average molecular weight is 456 g/mol. The molecule has 5 nitrogen and oxygen atoms in total. The van der Waals surface area contributed by atoms with Gasteiger partial charge in [0.2, 0.25) is 5.91 Å². The molecule has 0 saturated heterocycles. The molecule has 0 radical (unpaired) electrons. The summed E-state index contributed by atoms with van der Waals surface area (Å²) >= 11 is 6.22. The highest BCUT2D eigenvalue weighted by atomic mass is 35.5. The van der Waals surface area contributed by atoms with Gasteiger partial charge in [-0.15, -0.1) is 0 Å². The van der Waals surface area contributed by atoms with Crippen molar-refractivity contribution in [2.45, 2.75) is 26.3 Å². The first-order valence-electron chi connectivity index (χ1n) is 10.8. The summed E-state index contributed by atoms with van der Waals surface area (Å²) in [4.78, 5) is 28.9. The smallest absolute Gasteiger partial charge is 0.258 e. The lowest BCUT2D eigenvalue weighted by molar-refractivity contribution is -0.130. The number of carbonyl (C=O) groups is 1. The summed E-state index contributed by atoms with van der Waals surface area (Å²) in [6, 6.07) is 22.9. The highest BCUT2D eigenvalue weighted by Gasteiger charge is 2.34. The van der Waals surface area contributed by atoms with Gasteiger partial charge in [0.05, 0.1) is 17.3 Å². The fourth-order valence-corrected chi connectivity index (χ4v) is 4.71. The van der Waals surface area contributed by atoms with Gasteiger partial charge < -0.3 is 4.98 Å². The van der Waals surface area contributed by atoms with E-state index in [-0.39, 0.29) is 17.5 Å². The minimum atomic E-state index is -0.326. The van der Waals surface area contributed by atoms with E-state index in [4.69, 9.17) is 11.6 Å². The van der Waals surface area contributed by atoms with Crippen LogP contribution in [0.5, 0.6) is 0 Å². The number of carbonyl (C=O) groups excluding carboxylic acids is 1. The van der Waals surface area contributed by atoms with Gasteiger partial charge in [-0.25, -0.2) is 5.01 Å². The molecule has 1 N–H and O–H groups in total. The number of aromatic nitrogens is 1. The number of hydrogen-bond donors (Lipinski definition) is 1. The fraction of sp³-hybridized carbons (Fsp3) is 0.148. The minimum Gasteiger partial charge on any atom is -0.321 e. The molecule has 2 heterocycles. The number of halogens is 1. The second-order valence-corrected chi connectivity index (χ2v) is 8.74. The van der Waals surface area contributed by atoms with E-state index in [1.807, 2.05) is 67.6 Å². The topological polar surface area (TPSA) is 65.5 Å². The molecule has 1 aromatic heterocycles. The van der Waals surface area contributed by atoms with E-state index in [2.05, 4.69) is 16.2 Å². The number of rotatable bonds is 3. The molecule has 6 heteroatoms. The van der Waals surface area contributed by atoms with Gasteiger partial charge in [0, 0.05) is 34.8 Å². The number of aromatic amines is 1. The molecule has 1 aliphatic rings. The Morgan fingerprint density at radius 2 is 1.82 bits per heavy atom. The van der Waals surface area contributed by atoms with Crippen LogP contribution in [0.1, 0.15) is 36.1 Å². The Kier molecular flexibility index (Phi) is 5.35. The Morgan fingerprint density at radius 1 is 1.03 bits per heavy atom. The van der Waals surface area contributed by atoms with Gasteiger partial charge in [0.1, 0.15) is 0 Å². The molecule has 0 aliphatic carbocycles. The Bertz CT molecular complexity index is 1470. The molecular formula is C27H22ClN3O2. The van der Waals surface area contributed by atoms with Crippen molar-refractivity contribution in [1.82, 2.24) is 9.99 Å². The van der Waals surface area contributed by atoms with Gasteiger partial charge >= 0.3 is 0 Å². The van der Waals surface area contributed by atoms with E-state index in [9.17, 15) is 9.59 Å². The van der Waals surface area contributed by atoms with E-state index in [1.165, 1.54) is 11.9 Å². The van der Waals surface area contributed by atoms with Crippen LogP contribution in [0, 0.1) is 6.92 Å². The summed E-state index contributed by atoms with van der Waals surface area (Å²) in [5, 5.41) is 7.65. The summed E-state index contributed by atoms with van der Waals surface area (Å²) in [5.74, 6) is -0.190. The molecule has 5 rings (SSSR count). The van der Waals surface area contributed by atoms with E-state index >= 15 is 0 Å². The SMILES string of the molecule is CC(=O)N1N=C(c2c(-c3ccccc3)c3cc(C)ccc3[nH]c2=O)C[C@H]1c1cccc(Cl)c1. The van der Waals surface area contributed by atoms with Gasteiger partial charge in [-0.2, -0.15) is 5.10 Å². The molecule has 33 heavy (non-hydrogen) atoms. The Labute approximate surface area is 196 Å². The summed E-state index contributed by atoms with van der Waals surface area (Å²) in [6.45, 7) is 3.51. The zero-order valence-electron chi connectivity index (χ0n) is 18.3. The van der Waals surface area contributed by atoms with Crippen molar-refractivity contribution in [2.75, 3.05) is 0 Å². The van der Waals surface area contributed by atoms with Crippen LogP contribution < -0.4 is 5.56 Å². The van der Waals surface area contributed by atoms with Crippen LogP contribution in [-0.4, -0.2) is 21.6 Å². The summed E-state index contributed by atoms with van der Waals surface area (Å²) < 4.78 is 0. The quantitative estimate of drug-likeness (QED) is 0.420. The average Bonchev–Trinajstić information content (AvgIpc) is 3.24. The molecule has 0 saturated carbocycles. The Hall–Kier alpha value is -3.70. The van der Waals surface area contributed by atoms with Crippen molar-refractivity contribution in [3.63, 3.8) is 0 Å².